The van der Waals surface area contributed by atoms with E-state index in [1.807, 2.05) is 0 Å². The highest BCUT2D eigenvalue weighted by molar-refractivity contribution is 6.00. The lowest BCUT2D eigenvalue weighted by molar-refractivity contribution is -0.145. The first-order chi connectivity index (χ1) is 38.6. The molecule has 2 aliphatic heterocycles. The number of carboxylic acid groups (broad SMARTS) is 1. The minimum absolute atomic E-state index is 0.0243. The molecule has 0 aromatic carbocycles. The molecule has 0 unspecified atom stereocenters. The topological polar surface area (TPSA) is 532 Å². The van der Waals surface area contributed by atoms with E-state index in [1.54, 1.807) is 27.7 Å². The van der Waals surface area contributed by atoms with Crippen LogP contribution >= 0.6 is 0 Å². The standard InChI is InChI=1S/C51H88N16O15/c1-5-27(4)41(48(78)61-31(16-17-37(55)68)44(74)59-29(12-6-8-18-52)43(73)64-34(51(81)82)25-40(58)71)65-45(75)30(13-7-9-19-53)60-46(76)35-14-10-20-66(35)49(79)32(22-26(2)3)63-47(77)36-15-11-21-67(36)50(80)33(24-39(57)70)62-42(72)28(54)23-38(56)69/h26-36,41H,5-25,52-54H2,1-4H3,(H2,55,68)(H2,56,69)(H2,57,70)(H2,58,71)(H,59,74)(H,60,76)(H,61,78)(H,62,72)(H,63,77)(H,64,73)(H,65,75)(H,81,82)/t27-,28-,29-,30-,31-,32-,33-,34-,35-,36-,41-/m0/s1. The van der Waals surface area contributed by atoms with E-state index in [2.05, 4.69) is 37.2 Å². The van der Waals surface area contributed by atoms with Crippen LogP contribution in [0.2, 0.25) is 0 Å². The van der Waals surface area contributed by atoms with E-state index in [0.717, 1.165) is 4.90 Å². The molecule has 0 aromatic heterocycles. The first-order valence-electron chi connectivity index (χ1n) is 27.8. The molecule has 0 radical (unpaired) electrons. The Bertz CT molecular complexity index is 2290. The van der Waals surface area contributed by atoms with Gasteiger partial charge in [0, 0.05) is 19.5 Å². The van der Waals surface area contributed by atoms with Gasteiger partial charge in [-0.1, -0.05) is 34.1 Å². The Hall–Kier alpha value is -7.54. The zero-order valence-electron chi connectivity index (χ0n) is 47.4. The van der Waals surface area contributed by atoms with Gasteiger partial charge in [0.1, 0.15) is 54.4 Å². The van der Waals surface area contributed by atoms with Gasteiger partial charge in [-0.3, -0.25) is 62.3 Å². The van der Waals surface area contributed by atoms with Gasteiger partial charge >= 0.3 is 5.97 Å². The second-order valence-electron chi connectivity index (χ2n) is 21.3. The molecule has 11 atom stereocenters. The first kappa shape index (κ1) is 70.6. The molecule has 82 heavy (non-hydrogen) atoms. The molecule has 0 saturated carbocycles. The number of carbonyl (C=O) groups is 14. The summed E-state index contributed by atoms with van der Waals surface area (Å²) >= 11 is 0. The van der Waals surface area contributed by atoms with Gasteiger partial charge < -0.3 is 92.3 Å². The average molecular weight is 1170 g/mol. The molecule has 2 aliphatic rings. The van der Waals surface area contributed by atoms with Gasteiger partial charge in [-0.05, 0) is 102 Å². The van der Waals surface area contributed by atoms with Gasteiger partial charge in [-0.15, -0.1) is 0 Å². The molecule has 31 heteroatoms. The smallest absolute Gasteiger partial charge is 0.326 e. The summed E-state index contributed by atoms with van der Waals surface area (Å²) in [7, 11) is 0. The summed E-state index contributed by atoms with van der Waals surface area (Å²) in [6.07, 6.45) is -0.0164. The number of likely N-dealkylation sites (tertiary alicyclic amines) is 2. The molecule has 462 valence electrons. The molecule has 31 nitrogen and oxygen atoms in total. The molecule has 0 spiro atoms. The van der Waals surface area contributed by atoms with Crippen molar-refractivity contribution in [2.45, 2.75) is 197 Å². The molecule has 13 amide bonds. The quantitative estimate of drug-likeness (QED) is 0.0256. The maximum atomic E-state index is 14.5. The lowest BCUT2D eigenvalue weighted by Gasteiger charge is -2.33. The van der Waals surface area contributed by atoms with Crippen LogP contribution in [0.5, 0.6) is 0 Å². The third-order valence-corrected chi connectivity index (χ3v) is 14.1. The third-order valence-electron chi connectivity index (χ3n) is 14.1. The Morgan fingerprint density at radius 2 is 0.915 bits per heavy atom. The summed E-state index contributed by atoms with van der Waals surface area (Å²) in [5.41, 5.74) is 38.3. The van der Waals surface area contributed by atoms with Crippen molar-refractivity contribution < 1.29 is 72.2 Å². The van der Waals surface area contributed by atoms with Crippen LogP contribution in [0.25, 0.3) is 0 Å². The maximum absolute atomic E-state index is 14.5. The number of unbranched alkanes of at least 4 members (excludes halogenated alkanes) is 2. The summed E-state index contributed by atoms with van der Waals surface area (Å²) in [6.45, 7) is 7.53. The Morgan fingerprint density at radius 1 is 0.500 bits per heavy atom. The van der Waals surface area contributed by atoms with E-state index in [9.17, 15) is 72.2 Å². The number of nitrogens with one attached hydrogen (secondary N) is 7. The second kappa shape index (κ2) is 35.3. The van der Waals surface area contributed by atoms with Gasteiger partial charge in [0.15, 0.2) is 0 Å². The van der Waals surface area contributed by atoms with E-state index in [0.29, 0.717) is 38.5 Å². The zero-order chi connectivity index (χ0) is 62.0. The van der Waals surface area contributed by atoms with Crippen molar-refractivity contribution in [2.75, 3.05) is 26.2 Å². The van der Waals surface area contributed by atoms with Gasteiger partial charge in [-0.2, -0.15) is 0 Å². The number of aliphatic carboxylic acids is 1. The summed E-state index contributed by atoms with van der Waals surface area (Å²) in [4.78, 5) is 187. The Morgan fingerprint density at radius 3 is 1.37 bits per heavy atom. The summed E-state index contributed by atoms with van der Waals surface area (Å²) in [5, 5.41) is 27.3. The minimum atomic E-state index is -1.74. The van der Waals surface area contributed by atoms with Gasteiger partial charge in [-0.25, -0.2) is 4.79 Å². The predicted molar refractivity (Wildman–Crippen MR) is 293 cm³/mol. The zero-order valence-corrected chi connectivity index (χ0v) is 47.4. The van der Waals surface area contributed by atoms with Gasteiger partial charge in [0.2, 0.25) is 76.8 Å². The summed E-state index contributed by atoms with van der Waals surface area (Å²) in [5.74, 6) is -13.7. The van der Waals surface area contributed by atoms with Crippen LogP contribution in [0.1, 0.15) is 137 Å². The third kappa shape index (κ3) is 23.5. The van der Waals surface area contributed by atoms with Crippen molar-refractivity contribution in [3.05, 3.63) is 0 Å². The lowest BCUT2D eigenvalue weighted by Crippen LogP contribution is -2.61. The molecule has 2 rings (SSSR count). The number of nitrogens with zero attached hydrogens (tertiary/aromatic N) is 2. The van der Waals surface area contributed by atoms with Crippen LogP contribution in [-0.2, 0) is 67.1 Å². The van der Waals surface area contributed by atoms with Crippen molar-refractivity contribution in [3.63, 3.8) is 0 Å². The molecule has 0 aromatic rings. The van der Waals surface area contributed by atoms with Crippen LogP contribution < -0.4 is 77.4 Å². The highest BCUT2D eigenvalue weighted by Gasteiger charge is 2.43. The van der Waals surface area contributed by atoms with Crippen molar-refractivity contribution >= 4 is 82.8 Å². The van der Waals surface area contributed by atoms with E-state index >= 15 is 0 Å². The normalized spacial score (nSPS) is 18.2. The number of carboxylic acids is 1. The number of hydrogen-bond donors (Lipinski definition) is 15. The monoisotopic (exact) mass is 1160 g/mol. The second-order valence-corrected chi connectivity index (χ2v) is 21.3. The highest BCUT2D eigenvalue weighted by atomic mass is 16.4. The Kier molecular flexibility index (Phi) is 30.4. The van der Waals surface area contributed by atoms with Crippen molar-refractivity contribution in [3.8, 4) is 0 Å². The van der Waals surface area contributed by atoms with E-state index in [4.69, 9.17) is 40.1 Å². The fourth-order valence-electron chi connectivity index (χ4n) is 9.47. The lowest BCUT2D eigenvalue weighted by atomic mass is 9.96. The van der Waals surface area contributed by atoms with Gasteiger partial charge in [0.05, 0.1) is 25.3 Å². The Labute approximate surface area is 476 Å². The summed E-state index contributed by atoms with van der Waals surface area (Å²) < 4.78 is 0. The van der Waals surface area contributed by atoms with E-state index in [1.165, 1.54) is 4.90 Å². The first-order valence-corrected chi connectivity index (χ1v) is 27.8. The number of nitrogens with two attached hydrogens (primary N) is 7. The largest absolute Gasteiger partial charge is 0.480 e. The van der Waals surface area contributed by atoms with Crippen molar-refractivity contribution in [1.29, 1.82) is 0 Å². The number of carbonyl (C=O) groups excluding carboxylic acids is 13. The number of hydrogen-bond acceptors (Lipinski definition) is 17. The van der Waals surface area contributed by atoms with Crippen LogP contribution in [-0.4, -0.2) is 184 Å². The number of amides is 13. The number of primary amides is 4. The van der Waals surface area contributed by atoms with Crippen LogP contribution in [0.3, 0.4) is 0 Å². The average Bonchev–Trinajstić information content (AvgIpc) is 4.13. The maximum Gasteiger partial charge on any atom is 0.326 e. The molecular formula is C51H88N16O15. The molecule has 0 aliphatic carbocycles. The molecule has 2 saturated heterocycles. The fourth-order valence-corrected chi connectivity index (χ4v) is 9.47. The van der Waals surface area contributed by atoms with Crippen LogP contribution in [0.15, 0.2) is 0 Å². The number of rotatable bonds is 38. The van der Waals surface area contributed by atoms with Crippen LogP contribution in [0.4, 0.5) is 0 Å². The fraction of sp³-hybridized carbons (Fsp3) is 0.725. The minimum Gasteiger partial charge on any atom is -0.480 e. The molecule has 2 heterocycles. The van der Waals surface area contributed by atoms with Gasteiger partial charge in [0.25, 0.3) is 0 Å². The molecular weight excluding hydrogens is 1080 g/mol. The Balaban J connectivity index is 2.40. The SMILES string of the molecule is CC[C@H](C)[C@H](NC(=O)[C@H](CCCCN)NC(=O)[C@@H]1CCCN1C(=O)[C@H](CC(C)C)NC(=O)[C@@H]1CCCN1C(=O)[C@H](CC(N)=O)NC(=O)[C@@H](N)CC(N)=O)C(=O)N[C@@H](CCC(N)=O)C(=O)N[C@@H](CCCCN)C(=O)N[C@@H](CC(N)=O)C(=O)O. The highest BCUT2D eigenvalue weighted by Crippen LogP contribution is 2.24. The molecule has 2 fully saturated rings. The van der Waals surface area contributed by atoms with E-state index in [-0.39, 0.29) is 77.0 Å². The molecule has 0 bridgehead atoms. The summed E-state index contributed by atoms with van der Waals surface area (Å²) in [6, 6.07) is -13.9. The van der Waals surface area contributed by atoms with E-state index < -0.39 is 175 Å². The van der Waals surface area contributed by atoms with Crippen molar-refractivity contribution in [2.24, 2.45) is 52.0 Å². The van der Waals surface area contributed by atoms with Crippen LogP contribution in [0, 0.1) is 11.8 Å². The van der Waals surface area contributed by atoms with Crippen molar-refractivity contribution in [1.82, 2.24) is 47.0 Å². The predicted octanol–water partition coefficient (Wildman–Crippen LogP) is -5.98. The molecule has 22 N–H and O–H groups in total.